The molecule has 1 fully saturated rings. The molecule has 2 aromatic carbocycles. The molecule has 2 aliphatic heterocycles. The maximum atomic E-state index is 13.4. The van der Waals surface area contributed by atoms with Crippen molar-refractivity contribution in [1.82, 2.24) is 10.0 Å². The lowest BCUT2D eigenvalue weighted by atomic mass is 10.0. The topological polar surface area (TPSA) is 76.7 Å². The third kappa shape index (κ3) is 5.19. The number of benzene rings is 2. The van der Waals surface area contributed by atoms with Crippen LogP contribution in [0.3, 0.4) is 0 Å². The van der Waals surface area contributed by atoms with Crippen molar-refractivity contribution in [3.8, 4) is 11.5 Å². The van der Waals surface area contributed by atoms with Crippen molar-refractivity contribution >= 4 is 45.2 Å². The molecule has 2 N–H and O–H groups in total. The lowest BCUT2D eigenvalue weighted by Crippen LogP contribution is -2.42. The zero-order chi connectivity index (χ0) is 22.2. The second-order valence-corrected chi connectivity index (χ2v) is 11.9. The highest BCUT2D eigenvalue weighted by molar-refractivity contribution is 8.38. The van der Waals surface area contributed by atoms with Crippen molar-refractivity contribution in [2.24, 2.45) is 0 Å². The molecule has 0 saturated carbocycles. The fourth-order valence-electron chi connectivity index (χ4n) is 3.36. The molecule has 1 saturated heterocycles. The number of rotatable bonds is 6. The van der Waals surface area contributed by atoms with Gasteiger partial charge < -0.3 is 19.5 Å². The van der Waals surface area contributed by atoms with Gasteiger partial charge >= 0.3 is 0 Å². The van der Waals surface area contributed by atoms with E-state index in [4.69, 9.17) is 32.7 Å². The quantitative estimate of drug-likeness (QED) is 0.608. The number of hydrogen-bond donors (Lipinski definition) is 2. The number of fused-ring (bicyclic) bond motifs is 1. The van der Waals surface area contributed by atoms with Crippen LogP contribution in [0.4, 0.5) is 4.39 Å². The summed E-state index contributed by atoms with van der Waals surface area (Å²) in [4.78, 5) is 24.9. The molecule has 0 radical (unpaired) electrons. The van der Waals surface area contributed by atoms with Gasteiger partial charge in [-0.3, -0.25) is 9.59 Å². The van der Waals surface area contributed by atoms with Gasteiger partial charge in [0.25, 0.3) is 11.8 Å². The summed E-state index contributed by atoms with van der Waals surface area (Å²) < 4.78 is 27.5. The summed E-state index contributed by atoms with van der Waals surface area (Å²) in [5.74, 6) is 0.435. The minimum Gasteiger partial charge on any atom is -0.484 e. The molecule has 0 aromatic heterocycles. The van der Waals surface area contributed by atoms with Crippen molar-refractivity contribution in [2.45, 2.75) is 24.3 Å². The number of ether oxygens (including phenoxy) is 2. The van der Waals surface area contributed by atoms with Gasteiger partial charge in [0.2, 0.25) is 0 Å². The second-order valence-electron chi connectivity index (χ2n) is 7.61. The number of nitrogens with one attached hydrogen (secondary N) is 2. The first-order valence-corrected chi connectivity index (χ1v) is 12.7. The van der Waals surface area contributed by atoms with Gasteiger partial charge in [-0.1, -0.05) is 23.2 Å². The van der Waals surface area contributed by atoms with Crippen LogP contribution in [-0.4, -0.2) is 41.9 Å². The first-order chi connectivity index (χ1) is 14.7. The number of carbonyl (C=O) groups excluding carboxylic acids is 2. The van der Waals surface area contributed by atoms with Crippen molar-refractivity contribution in [3.05, 3.63) is 57.8 Å². The molecule has 2 aromatic rings. The highest BCUT2D eigenvalue weighted by atomic mass is 35.5. The van der Waals surface area contributed by atoms with E-state index in [9.17, 15) is 14.0 Å². The monoisotopic (exact) mass is 486 g/mol. The Morgan fingerprint density at radius 2 is 2.06 bits per heavy atom. The third-order valence-electron chi connectivity index (χ3n) is 5.18. The summed E-state index contributed by atoms with van der Waals surface area (Å²) in [6.07, 6.45) is 2.63. The van der Waals surface area contributed by atoms with E-state index in [1.165, 1.54) is 12.1 Å². The minimum atomic E-state index is -1.51. The van der Waals surface area contributed by atoms with Crippen molar-refractivity contribution in [1.29, 1.82) is 0 Å². The van der Waals surface area contributed by atoms with Gasteiger partial charge in [-0.25, -0.2) is 4.39 Å². The highest BCUT2D eigenvalue weighted by Gasteiger charge is 2.48. The van der Waals surface area contributed by atoms with Crippen LogP contribution in [0, 0.1) is 5.82 Å². The first kappa shape index (κ1) is 22.0. The molecule has 2 amide bonds. The van der Waals surface area contributed by atoms with Gasteiger partial charge in [-0.2, -0.15) is 0 Å². The SMILES string of the molecule is CS1(NC(=O)COc2ccc(Cl)c(F)c2)CC1NC(=O)C1CCc2cc(Cl)ccc2O1. The Kier molecular flexibility index (Phi) is 6.23. The predicted molar refractivity (Wildman–Crippen MR) is 120 cm³/mol. The van der Waals surface area contributed by atoms with E-state index in [0.717, 1.165) is 11.6 Å². The van der Waals surface area contributed by atoms with E-state index >= 15 is 0 Å². The maximum Gasteiger partial charge on any atom is 0.266 e. The zero-order valence-corrected chi connectivity index (χ0v) is 19.0. The highest BCUT2D eigenvalue weighted by Crippen LogP contribution is 2.60. The largest absolute Gasteiger partial charge is 0.484 e. The van der Waals surface area contributed by atoms with Crippen molar-refractivity contribution in [2.75, 3.05) is 18.6 Å². The Bertz CT molecular complexity index is 1040. The van der Waals surface area contributed by atoms with Crippen LogP contribution in [0.25, 0.3) is 0 Å². The molecule has 3 atom stereocenters. The van der Waals surface area contributed by atoms with Crippen LogP contribution in [0.2, 0.25) is 10.0 Å². The molecular formula is C21H21Cl2FN2O4S. The molecule has 0 bridgehead atoms. The second kappa shape index (κ2) is 8.76. The number of hydrogen-bond acceptors (Lipinski definition) is 4. The molecule has 2 heterocycles. The molecule has 2 aliphatic rings. The molecule has 166 valence electrons. The zero-order valence-electron chi connectivity index (χ0n) is 16.6. The minimum absolute atomic E-state index is 0.0143. The molecule has 10 heteroatoms. The van der Waals surface area contributed by atoms with Crippen LogP contribution in [-0.2, 0) is 16.0 Å². The van der Waals surface area contributed by atoms with E-state index in [-0.39, 0.29) is 34.6 Å². The maximum absolute atomic E-state index is 13.4. The molecule has 0 spiro atoms. The normalized spacial score (nSPS) is 25.9. The summed E-state index contributed by atoms with van der Waals surface area (Å²) >= 11 is 11.6. The lowest BCUT2D eigenvalue weighted by Gasteiger charge is -2.26. The van der Waals surface area contributed by atoms with Gasteiger partial charge in [0.05, 0.1) is 10.4 Å². The molecular weight excluding hydrogens is 466 g/mol. The smallest absolute Gasteiger partial charge is 0.266 e. The average Bonchev–Trinajstić information content (AvgIpc) is 3.36. The van der Waals surface area contributed by atoms with Crippen LogP contribution >= 0.6 is 33.4 Å². The summed E-state index contributed by atoms with van der Waals surface area (Å²) in [7, 11) is -1.51. The van der Waals surface area contributed by atoms with Crippen LogP contribution in [0.1, 0.15) is 12.0 Å². The Balaban J connectivity index is 1.25. The van der Waals surface area contributed by atoms with Gasteiger partial charge in [0.15, 0.2) is 12.7 Å². The molecule has 3 unspecified atom stereocenters. The number of carbonyl (C=O) groups is 2. The van der Waals surface area contributed by atoms with E-state index in [2.05, 4.69) is 10.0 Å². The third-order valence-corrected chi connectivity index (χ3v) is 8.56. The molecule has 6 nitrogen and oxygen atoms in total. The fraction of sp³-hybridized carbons (Fsp3) is 0.333. The van der Waals surface area contributed by atoms with Crippen LogP contribution in [0.15, 0.2) is 36.4 Å². The summed E-state index contributed by atoms with van der Waals surface area (Å²) in [6, 6.07) is 9.34. The van der Waals surface area contributed by atoms with Crippen LogP contribution in [0.5, 0.6) is 11.5 Å². The van der Waals surface area contributed by atoms with Crippen molar-refractivity contribution in [3.63, 3.8) is 0 Å². The van der Waals surface area contributed by atoms with Gasteiger partial charge in [-0.15, -0.1) is 10.2 Å². The van der Waals surface area contributed by atoms with E-state index in [0.29, 0.717) is 29.4 Å². The summed E-state index contributed by atoms with van der Waals surface area (Å²) in [6.45, 7) is -0.255. The average molecular weight is 487 g/mol. The Morgan fingerprint density at radius 3 is 2.84 bits per heavy atom. The molecule has 0 aliphatic carbocycles. The van der Waals surface area contributed by atoms with E-state index < -0.39 is 22.1 Å². The fourth-order valence-corrected chi connectivity index (χ4v) is 6.10. The predicted octanol–water partition coefficient (Wildman–Crippen LogP) is 3.83. The summed E-state index contributed by atoms with van der Waals surface area (Å²) in [5.41, 5.74) is 0.992. The lowest BCUT2D eigenvalue weighted by molar-refractivity contribution is -0.128. The molecule has 4 rings (SSSR count). The number of halogens is 3. The Hall–Kier alpha value is -2.16. The standard InChI is InChI=1S/C21H21Cl2FN2O4S/c1-31(26-19(27)10-29-14-4-5-15(23)16(24)9-14)11-20(31)25-21(28)18-6-2-12-8-13(22)3-7-17(12)30-18/h3-5,7-9,18,20H,2,6,10-11H2,1H3,(H,25,28)(H,26,27). The summed E-state index contributed by atoms with van der Waals surface area (Å²) in [5, 5.41) is 3.49. The first-order valence-electron chi connectivity index (χ1n) is 9.62. The Morgan fingerprint density at radius 1 is 1.26 bits per heavy atom. The van der Waals surface area contributed by atoms with Gasteiger partial charge in [0.1, 0.15) is 17.3 Å². The van der Waals surface area contributed by atoms with Gasteiger partial charge in [0, 0.05) is 16.8 Å². The van der Waals surface area contributed by atoms with Crippen LogP contribution < -0.4 is 19.5 Å². The Labute approximate surface area is 190 Å². The van der Waals surface area contributed by atoms with Crippen molar-refractivity contribution < 1.29 is 23.5 Å². The number of amides is 2. The van der Waals surface area contributed by atoms with E-state index in [1.54, 1.807) is 12.1 Å². The molecule has 31 heavy (non-hydrogen) atoms. The number of aryl methyl sites for hydroxylation is 1. The van der Waals surface area contributed by atoms with E-state index in [1.807, 2.05) is 12.3 Å². The van der Waals surface area contributed by atoms with Gasteiger partial charge in [-0.05, 0) is 55.0 Å².